The molecule has 0 aromatic heterocycles. The third-order valence-electron chi connectivity index (χ3n) is 2.51. The van der Waals surface area contributed by atoms with Crippen LogP contribution in [-0.4, -0.2) is 21.9 Å². The molecule has 1 saturated carbocycles. The zero-order valence-electron chi connectivity index (χ0n) is 8.66. The van der Waals surface area contributed by atoms with Gasteiger partial charge in [-0.2, -0.15) is 0 Å². The van der Waals surface area contributed by atoms with Gasteiger partial charge in [0.1, 0.15) is 11.7 Å². The van der Waals surface area contributed by atoms with E-state index < -0.39 is 11.7 Å². The van der Waals surface area contributed by atoms with Crippen LogP contribution in [0.15, 0.2) is 12.2 Å². The molecule has 0 radical (unpaired) electrons. The summed E-state index contributed by atoms with van der Waals surface area (Å²) in [6, 6.07) is 0. The van der Waals surface area contributed by atoms with E-state index in [1.165, 1.54) is 6.42 Å². The molecule has 1 atom stereocenters. The van der Waals surface area contributed by atoms with E-state index in [0.29, 0.717) is 0 Å². The normalized spacial score (nSPS) is 22.8. The van der Waals surface area contributed by atoms with Gasteiger partial charge < -0.3 is 10.2 Å². The van der Waals surface area contributed by atoms with Crippen molar-refractivity contribution in [3.63, 3.8) is 0 Å². The monoisotopic (exact) mass is 194 g/mol. The molecule has 0 amide bonds. The molecule has 2 N–H and O–H groups in total. The van der Waals surface area contributed by atoms with Gasteiger partial charge in [-0.15, -0.1) is 0 Å². The first-order chi connectivity index (χ1) is 6.66. The minimum Gasteiger partial charge on any atom is -0.378 e. The van der Waals surface area contributed by atoms with Crippen LogP contribution in [0.1, 0.15) is 39.0 Å². The largest absolute Gasteiger partial charge is 0.378 e. The topological polar surface area (TPSA) is 40.5 Å². The molecule has 14 heavy (non-hydrogen) atoms. The molecule has 0 aromatic carbocycles. The molecule has 1 rings (SSSR count). The Labute approximate surface area is 85.6 Å². The maximum atomic E-state index is 9.98. The fourth-order valence-corrected chi connectivity index (χ4v) is 1.70. The SMILES string of the molecule is C/C=C/C(O)C#CC1(O)CCCCC1. The van der Waals surface area contributed by atoms with Crippen LogP contribution in [0.5, 0.6) is 0 Å². The fourth-order valence-electron chi connectivity index (χ4n) is 1.70. The van der Waals surface area contributed by atoms with E-state index in [4.69, 9.17) is 0 Å². The van der Waals surface area contributed by atoms with Crippen LogP contribution in [0.25, 0.3) is 0 Å². The molecule has 0 aromatic rings. The summed E-state index contributed by atoms with van der Waals surface area (Å²) in [6.45, 7) is 1.83. The second-order valence-electron chi connectivity index (χ2n) is 3.83. The molecule has 0 heterocycles. The summed E-state index contributed by atoms with van der Waals surface area (Å²) < 4.78 is 0. The van der Waals surface area contributed by atoms with Crippen LogP contribution in [0.2, 0.25) is 0 Å². The fraction of sp³-hybridized carbons (Fsp3) is 0.667. The van der Waals surface area contributed by atoms with Crippen LogP contribution < -0.4 is 0 Å². The average Bonchev–Trinajstić information content (AvgIpc) is 2.17. The van der Waals surface area contributed by atoms with Crippen molar-refractivity contribution < 1.29 is 10.2 Å². The van der Waals surface area contributed by atoms with Gasteiger partial charge in [0.25, 0.3) is 0 Å². The molecule has 0 spiro atoms. The van der Waals surface area contributed by atoms with Gasteiger partial charge in [-0.3, -0.25) is 0 Å². The number of rotatable bonds is 1. The molecule has 1 fully saturated rings. The summed E-state index contributed by atoms with van der Waals surface area (Å²) in [6.07, 6.45) is 7.34. The number of aliphatic hydroxyl groups excluding tert-OH is 1. The van der Waals surface area contributed by atoms with E-state index in [0.717, 1.165) is 25.7 Å². The summed E-state index contributed by atoms with van der Waals surface area (Å²) in [7, 11) is 0. The summed E-state index contributed by atoms with van der Waals surface area (Å²) in [5.41, 5.74) is -0.846. The van der Waals surface area contributed by atoms with E-state index in [2.05, 4.69) is 11.8 Å². The Morgan fingerprint density at radius 3 is 2.50 bits per heavy atom. The molecule has 2 heteroatoms. The van der Waals surface area contributed by atoms with E-state index in [9.17, 15) is 10.2 Å². The van der Waals surface area contributed by atoms with Gasteiger partial charge in [0.2, 0.25) is 0 Å². The molecule has 0 aliphatic heterocycles. The molecule has 0 saturated heterocycles. The highest BCUT2D eigenvalue weighted by Gasteiger charge is 2.26. The Morgan fingerprint density at radius 2 is 1.93 bits per heavy atom. The standard InChI is InChI=1S/C12H18O2/c1-2-6-11(13)7-10-12(14)8-4-3-5-9-12/h2,6,11,13-14H,3-5,8-9H2,1H3/b6-2+. The van der Waals surface area contributed by atoms with Crippen LogP contribution in [0.3, 0.4) is 0 Å². The number of hydrogen-bond acceptors (Lipinski definition) is 2. The zero-order chi connectivity index (χ0) is 10.4. The van der Waals surface area contributed by atoms with Crippen molar-refractivity contribution in [2.75, 3.05) is 0 Å². The highest BCUT2D eigenvalue weighted by Crippen LogP contribution is 2.27. The number of allylic oxidation sites excluding steroid dienone is 1. The smallest absolute Gasteiger partial charge is 0.133 e. The number of hydrogen-bond donors (Lipinski definition) is 2. The molecule has 1 aliphatic rings. The van der Waals surface area contributed by atoms with Gasteiger partial charge in [-0.25, -0.2) is 0 Å². The van der Waals surface area contributed by atoms with Crippen LogP contribution in [-0.2, 0) is 0 Å². The van der Waals surface area contributed by atoms with Crippen molar-refractivity contribution in [2.45, 2.75) is 50.7 Å². The van der Waals surface area contributed by atoms with Crippen molar-refractivity contribution in [1.82, 2.24) is 0 Å². The highest BCUT2D eigenvalue weighted by atomic mass is 16.3. The van der Waals surface area contributed by atoms with E-state index in [1.54, 1.807) is 12.2 Å². The number of aliphatic hydroxyl groups is 2. The van der Waals surface area contributed by atoms with Crippen LogP contribution in [0, 0.1) is 11.8 Å². The first-order valence-electron chi connectivity index (χ1n) is 5.22. The molecular formula is C12H18O2. The Kier molecular flexibility index (Phi) is 4.19. The maximum absolute atomic E-state index is 9.98. The lowest BCUT2D eigenvalue weighted by molar-refractivity contribution is 0.0606. The van der Waals surface area contributed by atoms with E-state index in [-0.39, 0.29) is 0 Å². The van der Waals surface area contributed by atoms with Crippen molar-refractivity contribution >= 4 is 0 Å². The van der Waals surface area contributed by atoms with Crippen molar-refractivity contribution in [1.29, 1.82) is 0 Å². The quantitative estimate of drug-likeness (QED) is 0.492. The van der Waals surface area contributed by atoms with Crippen molar-refractivity contribution in [2.24, 2.45) is 0 Å². The lowest BCUT2D eigenvalue weighted by atomic mass is 9.85. The average molecular weight is 194 g/mol. The maximum Gasteiger partial charge on any atom is 0.133 e. The minimum absolute atomic E-state index is 0.739. The Balaban J connectivity index is 2.55. The molecule has 1 aliphatic carbocycles. The lowest BCUT2D eigenvalue weighted by Crippen LogP contribution is -2.29. The second kappa shape index (κ2) is 5.19. The van der Waals surface area contributed by atoms with E-state index >= 15 is 0 Å². The first kappa shape index (κ1) is 11.3. The van der Waals surface area contributed by atoms with E-state index in [1.807, 2.05) is 6.92 Å². The van der Waals surface area contributed by atoms with Crippen LogP contribution in [0.4, 0.5) is 0 Å². The highest BCUT2D eigenvalue weighted by molar-refractivity contribution is 5.20. The molecule has 0 bridgehead atoms. The van der Waals surface area contributed by atoms with Crippen LogP contribution >= 0.6 is 0 Å². The third kappa shape index (κ3) is 3.53. The van der Waals surface area contributed by atoms with Gasteiger partial charge >= 0.3 is 0 Å². The van der Waals surface area contributed by atoms with Crippen molar-refractivity contribution in [3.05, 3.63) is 12.2 Å². The summed E-state index contributed by atoms with van der Waals surface area (Å²) >= 11 is 0. The Hall–Kier alpha value is -0.780. The zero-order valence-corrected chi connectivity index (χ0v) is 8.66. The van der Waals surface area contributed by atoms with Gasteiger partial charge in [0, 0.05) is 0 Å². The van der Waals surface area contributed by atoms with Gasteiger partial charge in [0.05, 0.1) is 0 Å². The predicted octanol–water partition coefficient (Wildman–Crippen LogP) is 1.62. The third-order valence-corrected chi connectivity index (χ3v) is 2.51. The summed E-state index contributed by atoms with van der Waals surface area (Å²) in [5.74, 6) is 5.45. The first-order valence-corrected chi connectivity index (χ1v) is 5.22. The predicted molar refractivity (Wildman–Crippen MR) is 56.6 cm³/mol. The molecular weight excluding hydrogens is 176 g/mol. The Morgan fingerprint density at radius 1 is 1.29 bits per heavy atom. The molecule has 1 unspecified atom stereocenters. The summed E-state index contributed by atoms with van der Waals surface area (Å²) in [5, 5.41) is 19.3. The molecule has 78 valence electrons. The second-order valence-corrected chi connectivity index (χ2v) is 3.83. The Bertz CT molecular complexity index is 251. The minimum atomic E-state index is -0.846. The van der Waals surface area contributed by atoms with Crippen molar-refractivity contribution in [3.8, 4) is 11.8 Å². The van der Waals surface area contributed by atoms with Gasteiger partial charge in [-0.05, 0) is 38.7 Å². The van der Waals surface area contributed by atoms with Gasteiger partial charge in [0.15, 0.2) is 0 Å². The summed E-state index contributed by atoms with van der Waals surface area (Å²) in [4.78, 5) is 0. The lowest BCUT2D eigenvalue weighted by Gasteiger charge is -2.26. The van der Waals surface area contributed by atoms with Gasteiger partial charge in [-0.1, -0.05) is 24.3 Å². The molecule has 2 nitrogen and oxygen atoms in total.